The first-order chi connectivity index (χ1) is 16.3. The highest BCUT2D eigenvalue weighted by atomic mass is 32.2. The molecule has 8 heteroatoms. The van der Waals surface area contributed by atoms with Crippen molar-refractivity contribution in [3.8, 4) is 0 Å². The van der Waals surface area contributed by atoms with Crippen molar-refractivity contribution in [2.75, 3.05) is 26.2 Å². The predicted octanol–water partition coefficient (Wildman–Crippen LogP) is 4.04. The lowest BCUT2D eigenvalue weighted by Gasteiger charge is -2.57. The van der Waals surface area contributed by atoms with E-state index < -0.39 is 10.0 Å². The molecule has 1 aromatic heterocycles. The number of amides is 2. The average molecular weight is 485 g/mol. The predicted molar refractivity (Wildman–Crippen MR) is 132 cm³/mol. The minimum Gasteiger partial charge on any atom is -0.348 e. The second-order valence-electron chi connectivity index (χ2n) is 11.2. The Hall–Kier alpha value is -2.06. The zero-order valence-corrected chi connectivity index (χ0v) is 20.9. The monoisotopic (exact) mass is 484 g/mol. The first-order valence-corrected chi connectivity index (χ1v) is 14.5. The van der Waals surface area contributed by atoms with E-state index in [1.54, 1.807) is 16.4 Å². The maximum Gasteiger partial charge on any atom is 0.317 e. The lowest BCUT2D eigenvalue weighted by Crippen LogP contribution is -2.62. The quantitative estimate of drug-likeness (QED) is 0.712. The van der Waals surface area contributed by atoms with Gasteiger partial charge in [-0.2, -0.15) is 4.31 Å². The van der Waals surface area contributed by atoms with E-state index in [0.29, 0.717) is 37.5 Å². The lowest BCUT2D eigenvalue weighted by molar-refractivity contribution is -0.0156. The molecule has 0 radical (unpaired) electrons. The van der Waals surface area contributed by atoms with Crippen LogP contribution in [0.3, 0.4) is 0 Å². The van der Waals surface area contributed by atoms with Crippen molar-refractivity contribution in [1.82, 2.24) is 19.1 Å². The Kier molecular flexibility index (Phi) is 5.44. The fourth-order valence-corrected chi connectivity index (χ4v) is 9.18. The van der Waals surface area contributed by atoms with Gasteiger partial charge in [-0.05, 0) is 93.9 Å². The average Bonchev–Trinajstić information content (AvgIpc) is 3.03. The minimum absolute atomic E-state index is 0.00326. The number of aryl methyl sites for hydroxylation is 1. The fraction of sp³-hybridized carbons (Fsp3) is 0.654. The Labute approximate surface area is 202 Å². The molecule has 1 saturated heterocycles. The number of hydrogen-bond acceptors (Lipinski definition) is 3. The SMILES string of the molecule is CCn1ccc2cc(S(=O)(=O)N3CCCN(C(=O)NC45CC6CC(CC(C6)C4)C5)CC3)ccc21. The van der Waals surface area contributed by atoms with Gasteiger partial charge in [0.1, 0.15) is 0 Å². The van der Waals surface area contributed by atoms with Crippen LogP contribution in [-0.4, -0.2) is 59.9 Å². The molecule has 0 unspecified atom stereocenters. The molecule has 2 amide bonds. The highest BCUT2D eigenvalue weighted by Gasteiger charge is 2.51. The molecule has 1 N–H and O–H groups in total. The summed E-state index contributed by atoms with van der Waals surface area (Å²) in [5, 5.41) is 4.39. The van der Waals surface area contributed by atoms with Crippen LogP contribution in [0.5, 0.6) is 0 Å². The third-order valence-electron chi connectivity index (χ3n) is 8.87. The van der Waals surface area contributed by atoms with E-state index in [1.807, 2.05) is 23.2 Å². The number of benzene rings is 1. The van der Waals surface area contributed by atoms with E-state index in [1.165, 1.54) is 19.3 Å². The summed E-state index contributed by atoms with van der Waals surface area (Å²) in [6, 6.07) is 7.36. The van der Waals surface area contributed by atoms with Gasteiger partial charge in [-0.15, -0.1) is 0 Å². The highest BCUT2D eigenvalue weighted by Crippen LogP contribution is 2.55. The summed E-state index contributed by atoms with van der Waals surface area (Å²) in [4.78, 5) is 15.5. The first kappa shape index (κ1) is 22.4. The van der Waals surface area contributed by atoms with Crippen LogP contribution in [0.2, 0.25) is 0 Å². The summed E-state index contributed by atoms with van der Waals surface area (Å²) in [6.45, 7) is 4.74. The number of nitrogens with zero attached hydrogens (tertiary/aromatic N) is 3. The van der Waals surface area contributed by atoms with Gasteiger partial charge in [-0.25, -0.2) is 13.2 Å². The van der Waals surface area contributed by atoms with E-state index in [0.717, 1.165) is 54.5 Å². The third kappa shape index (κ3) is 3.83. The van der Waals surface area contributed by atoms with E-state index in [4.69, 9.17) is 0 Å². The van der Waals surface area contributed by atoms with Crippen LogP contribution in [0.25, 0.3) is 10.9 Å². The topological polar surface area (TPSA) is 74.7 Å². The number of rotatable bonds is 4. The van der Waals surface area contributed by atoms with Crippen LogP contribution in [-0.2, 0) is 16.6 Å². The van der Waals surface area contributed by atoms with Gasteiger partial charge < -0.3 is 14.8 Å². The summed E-state index contributed by atoms with van der Waals surface area (Å²) >= 11 is 0. The number of urea groups is 1. The first-order valence-electron chi connectivity index (χ1n) is 13.0. The lowest BCUT2D eigenvalue weighted by atomic mass is 9.53. The van der Waals surface area contributed by atoms with E-state index in [2.05, 4.69) is 16.8 Å². The molecule has 2 heterocycles. The zero-order valence-electron chi connectivity index (χ0n) is 20.1. The van der Waals surface area contributed by atoms with E-state index >= 15 is 0 Å². The smallest absolute Gasteiger partial charge is 0.317 e. The third-order valence-corrected chi connectivity index (χ3v) is 10.8. The van der Waals surface area contributed by atoms with Gasteiger partial charge in [-0.1, -0.05) is 0 Å². The number of carbonyl (C=O) groups excluding carboxylic acids is 1. The number of aromatic nitrogens is 1. The highest BCUT2D eigenvalue weighted by molar-refractivity contribution is 7.89. The molecule has 4 aliphatic carbocycles. The van der Waals surface area contributed by atoms with Gasteiger partial charge in [-0.3, -0.25) is 0 Å². The van der Waals surface area contributed by atoms with Crippen molar-refractivity contribution < 1.29 is 13.2 Å². The van der Waals surface area contributed by atoms with Gasteiger partial charge in [0.15, 0.2) is 0 Å². The molecule has 1 aliphatic heterocycles. The van der Waals surface area contributed by atoms with Crippen LogP contribution in [0.1, 0.15) is 51.9 Å². The van der Waals surface area contributed by atoms with Crippen LogP contribution in [0.4, 0.5) is 4.79 Å². The molecule has 0 atom stereocenters. The largest absolute Gasteiger partial charge is 0.348 e. The van der Waals surface area contributed by atoms with Crippen molar-refractivity contribution in [2.24, 2.45) is 17.8 Å². The summed E-state index contributed by atoms with van der Waals surface area (Å²) in [6.07, 6.45) is 10.1. The van der Waals surface area contributed by atoms with Crippen molar-refractivity contribution in [2.45, 2.75) is 68.8 Å². The molecule has 34 heavy (non-hydrogen) atoms. The molecular formula is C26H36N4O3S. The molecule has 7 nitrogen and oxygen atoms in total. The molecule has 4 saturated carbocycles. The molecule has 1 aromatic carbocycles. The molecule has 0 spiro atoms. The normalized spacial score (nSPS) is 31.7. The van der Waals surface area contributed by atoms with Crippen molar-refractivity contribution in [3.05, 3.63) is 30.5 Å². The maximum absolute atomic E-state index is 13.4. The Balaban J connectivity index is 1.13. The molecule has 7 rings (SSSR count). The van der Waals surface area contributed by atoms with Crippen LogP contribution < -0.4 is 5.32 Å². The summed E-state index contributed by atoms with van der Waals surface area (Å²) in [5.74, 6) is 2.34. The van der Waals surface area contributed by atoms with Gasteiger partial charge in [0.25, 0.3) is 0 Å². The van der Waals surface area contributed by atoms with Crippen molar-refractivity contribution >= 4 is 27.0 Å². The number of sulfonamides is 1. The number of nitrogens with one attached hydrogen (secondary N) is 1. The Morgan fingerprint density at radius 1 is 1.00 bits per heavy atom. The molecular weight excluding hydrogens is 448 g/mol. The summed E-state index contributed by atoms with van der Waals surface area (Å²) < 4.78 is 30.5. The minimum atomic E-state index is -3.60. The second kappa shape index (κ2) is 8.26. The molecule has 4 bridgehead atoms. The van der Waals surface area contributed by atoms with Crippen molar-refractivity contribution in [1.29, 1.82) is 0 Å². The Bertz CT molecular complexity index is 1170. The standard InChI is InChI=1S/C26H36N4O3S/c1-2-28-9-6-22-15-23(4-5-24(22)28)34(32,33)30-8-3-7-29(10-11-30)25(31)27-26-16-19-12-20(17-26)14-21(13-19)18-26/h4-6,9,15,19-21H,2-3,7-8,10-14,16-18H2,1H3,(H,27,31). The van der Waals surface area contributed by atoms with Crippen LogP contribution >= 0.6 is 0 Å². The van der Waals surface area contributed by atoms with E-state index in [-0.39, 0.29) is 11.6 Å². The van der Waals surface area contributed by atoms with Gasteiger partial charge >= 0.3 is 6.03 Å². The Morgan fingerprint density at radius 3 is 2.38 bits per heavy atom. The molecule has 184 valence electrons. The summed E-state index contributed by atoms with van der Waals surface area (Å²) in [7, 11) is -3.60. The number of fused-ring (bicyclic) bond motifs is 1. The van der Waals surface area contributed by atoms with Crippen LogP contribution in [0, 0.1) is 17.8 Å². The van der Waals surface area contributed by atoms with Crippen molar-refractivity contribution in [3.63, 3.8) is 0 Å². The Morgan fingerprint density at radius 2 is 1.71 bits per heavy atom. The maximum atomic E-state index is 13.4. The molecule has 5 aliphatic rings. The zero-order chi connectivity index (χ0) is 23.5. The molecule has 2 aromatic rings. The number of hydrogen-bond donors (Lipinski definition) is 1. The van der Waals surface area contributed by atoms with Crippen LogP contribution in [0.15, 0.2) is 35.4 Å². The van der Waals surface area contributed by atoms with Gasteiger partial charge in [0.2, 0.25) is 10.0 Å². The fourth-order valence-electron chi connectivity index (χ4n) is 7.67. The number of carbonyl (C=O) groups is 1. The van der Waals surface area contributed by atoms with Gasteiger partial charge in [0.05, 0.1) is 4.90 Å². The van der Waals surface area contributed by atoms with Gasteiger partial charge in [0, 0.05) is 55.4 Å². The van der Waals surface area contributed by atoms with E-state index in [9.17, 15) is 13.2 Å². The molecule has 5 fully saturated rings. The summed E-state index contributed by atoms with van der Waals surface area (Å²) in [5.41, 5.74) is 1.03. The second-order valence-corrected chi connectivity index (χ2v) is 13.1.